The van der Waals surface area contributed by atoms with Gasteiger partial charge in [-0.3, -0.25) is 0 Å². The van der Waals surface area contributed by atoms with Crippen molar-refractivity contribution >= 4 is 17.6 Å². The molecule has 2 aromatic heterocycles. The van der Waals surface area contributed by atoms with Crippen LogP contribution in [0.25, 0.3) is 5.82 Å². The molecule has 0 bridgehead atoms. The normalized spacial score (nSPS) is 12.0. The van der Waals surface area contributed by atoms with E-state index in [0.717, 1.165) is 11.3 Å². The van der Waals surface area contributed by atoms with E-state index < -0.39 is 0 Å². The van der Waals surface area contributed by atoms with Crippen LogP contribution in [0.4, 0.5) is 0 Å². The molecule has 7 heteroatoms. The SMILES string of the molecule is Cc1ccc(CN=C(N)NC(C)C)c(-n2cc(Cl)cn2)n1. The van der Waals surface area contributed by atoms with Crippen LogP contribution >= 0.6 is 11.6 Å². The Bertz CT molecular complexity index is 647. The molecule has 0 spiro atoms. The van der Waals surface area contributed by atoms with Crippen molar-refractivity contribution in [1.82, 2.24) is 20.1 Å². The maximum atomic E-state index is 5.92. The van der Waals surface area contributed by atoms with Gasteiger partial charge < -0.3 is 11.1 Å². The van der Waals surface area contributed by atoms with Crippen molar-refractivity contribution in [2.75, 3.05) is 0 Å². The fourth-order valence-corrected chi connectivity index (χ4v) is 1.96. The molecule has 0 unspecified atom stereocenters. The highest BCUT2D eigenvalue weighted by atomic mass is 35.5. The predicted octanol–water partition coefficient (Wildman–Crippen LogP) is 2.04. The topological polar surface area (TPSA) is 81.1 Å². The van der Waals surface area contributed by atoms with Gasteiger partial charge in [0.25, 0.3) is 0 Å². The van der Waals surface area contributed by atoms with Gasteiger partial charge in [0.15, 0.2) is 11.8 Å². The molecule has 3 N–H and O–H groups in total. The van der Waals surface area contributed by atoms with Crippen molar-refractivity contribution < 1.29 is 0 Å². The highest BCUT2D eigenvalue weighted by Gasteiger charge is 2.08. The first-order chi connectivity index (χ1) is 9.95. The molecule has 0 fully saturated rings. The van der Waals surface area contributed by atoms with Gasteiger partial charge in [0.05, 0.1) is 24.0 Å². The molecule has 2 heterocycles. The van der Waals surface area contributed by atoms with E-state index >= 15 is 0 Å². The number of guanidine groups is 1. The molecule has 0 aliphatic heterocycles. The second kappa shape index (κ2) is 6.58. The van der Waals surface area contributed by atoms with Crippen LogP contribution in [0.2, 0.25) is 5.02 Å². The molecule has 2 rings (SSSR count). The molecule has 0 amide bonds. The number of nitrogens with two attached hydrogens (primary N) is 1. The van der Waals surface area contributed by atoms with Crippen LogP contribution < -0.4 is 11.1 Å². The minimum absolute atomic E-state index is 0.245. The number of aryl methyl sites for hydroxylation is 1. The Morgan fingerprint density at radius 3 is 2.86 bits per heavy atom. The molecule has 112 valence electrons. The van der Waals surface area contributed by atoms with E-state index in [0.29, 0.717) is 23.3 Å². The number of nitrogens with zero attached hydrogens (tertiary/aromatic N) is 4. The first-order valence-corrected chi connectivity index (χ1v) is 7.07. The Kier molecular flexibility index (Phi) is 4.80. The molecule has 0 radical (unpaired) electrons. The molecule has 0 aliphatic rings. The highest BCUT2D eigenvalue weighted by Crippen LogP contribution is 2.16. The summed E-state index contributed by atoms with van der Waals surface area (Å²) < 4.78 is 1.65. The van der Waals surface area contributed by atoms with Crippen molar-refractivity contribution in [2.45, 2.75) is 33.4 Å². The van der Waals surface area contributed by atoms with E-state index in [1.807, 2.05) is 32.9 Å². The summed E-state index contributed by atoms with van der Waals surface area (Å²) in [5, 5.41) is 7.81. The number of aliphatic imine (C=N–C) groups is 1. The molecule has 0 aliphatic carbocycles. The van der Waals surface area contributed by atoms with Crippen molar-refractivity contribution in [3.63, 3.8) is 0 Å². The van der Waals surface area contributed by atoms with Crippen LogP contribution in [0, 0.1) is 6.92 Å². The lowest BCUT2D eigenvalue weighted by atomic mass is 10.2. The summed E-state index contributed by atoms with van der Waals surface area (Å²) in [4.78, 5) is 8.83. The third kappa shape index (κ3) is 4.19. The Labute approximate surface area is 129 Å². The van der Waals surface area contributed by atoms with Crippen LogP contribution in [0.1, 0.15) is 25.1 Å². The first kappa shape index (κ1) is 15.3. The number of aromatic nitrogens is 3. The van der Waals surface area contributed by atoms with Gasteiger partial charge in [0.2, 0.25) is 0 Å². The maximum Gasteiger partial charge on any atom is 0.189 e. The minimum Gasteiger partial charge on any atom is -0.370 e. The quantitative estimate of drug-likeness (QED) is 0.669. The van der Waals surface area contributed by atoms with Crippen molar-refractivity contribution in [3.05, 3.63) is 40.8 Å². The molecule has 0 aromatic carbocycles. The Morgan fingerprint density at radius 1 is 1.48 bits per heavy atom. The van der Waals surface area contributed by atoms with Crippen LogP contribution in [-0.2, 0) is 6.54 Å². The largest absolute Gasteiger partial charge is 0.370 e. The van der Waals surface area contributed by atoms with E-state index in [9.17, 15) is 0 Å². The Morgan fingerprint density at radius 2 is 2.24 bits per heavy atom. The lowest BCUT2D eigenvalue weighted by molar-refractivity contribution is 0.722. The average molecular weight is 307 g/mol. The lowest BCUT2D eigenvalue weighted by Gasteiger charge is -2.10. The summed E-state index contributed by atoms with van der Waals surface area (Å²) >= 11 is 5.92. The average Bonchev–Trinajstić information content (AvgIpc) is 2.83. The van der Waals surface area contributed by atoms with Crippen molar-refractivity contribution in [3.8, 4) is 5.82 Å². The van der Waals surface area contributed by atoms with Gasteiger partial charge in [0, 0.05) is 17.3 Å². The van der Waals surface area contributed by atoms with E-state index in [2.05, 4.69) is 20.4 Å². The molecular formula is C14H19ClN6. The molecule has 0 saturated carbocycles. The van der Waals surface area contributed by atoms with Gasteiger partial charge in [0.1, 0.15) is 0 Å². The van der Waals surface area contributed by atoms with Gasteiger partial charge in [-0.05, 0) is 26.8 Å². The van der Waals surface area contributed by atoms with Crippen LogP contribution in [-0.4, -0.2) is 26.8 Å². The smallest absolute Gasteiger partial charge is 0.189 e. The van der Waals surface area contributed by atoms with E-state index in [1.165, 1.54) is 0 Å². The summed E-state index contributed by atoms with van der Waals surface area (Å²) in [6, 6.07) is 4.15. The lowest BCUT2D eigenvalue weighted by Crippen LogP contribution is -2.36. The number of pyridine rings is 1. The molecule has 0 saturated heterocycles. The molecular weight excluding hydrogens is 288 g/mol. The second-order valence-corrected chi connectivity index (χ2v) is 5.48. The van der Waals surface area contributed by atoms with Crippen LogP contribution in [0.15, 0.2) is 29.5 Å². The Hall–Kier alpha value is -2.08. The summed E-state index contributed by atoms with van der Waals surface area (Å²) in [5.41, 5.74) is 7.65. The number of rotatable bonds is 4. The van der Waals surface area contributed by atoms with Crippen LogP contribution in [0.5, 0.6) is 0 Å². The van der Waals surface area contributed by atoms with Gasteiger partial charge in [-0.25, -0.2) is 14.7 Å². The fourth-order valence-electron chi connectivity index (χ4n) is 1.82. The van der Waals surface area contributed by atoms with E-state index in [4.69, 9.17) is 17.3 Å². The first-order valence-electron chi connectivity index (χ1n) is 6.69. The third-order valence-corrected chi connectivity index (χ3v) is 2.91. The number of nitrogens with one attached hydrogen (secondary N) is 1. The number of hydrogen-bond acceptors (Lipinski definition) is 3. The summed E-state index contributed by atoms with van der Waals surface area (Å²) in [7, 11) is 0. The third-order valence-electron chi connectivity index (χ3n) is 2.72. The zero-order valence-corrected chi connectivity index (χ0v) is 13.1. The summed E-state index contributed by atoms with van der Waals surface area (Å²) in [6.45, 7) is 6.36. The van der Waals surface area contributed by atoms with Gasteiger partial charge in [-0.2, -0.15) is 5.10 Å². The molecule has 6 nitrogen and oxygen atoms in total. The maximum absolute atomic E-state index is 5.92. The van der Waals surface area contributed by atoms with Crippen LogP contribution in [0.3, 0.4) is 0 Å². The van der Waals surface area contributed by atoms with Gasteiger partial charge in [-0.15, -0.1) is 0 Å². The molecule has 21 heavy (non-hydrogen) atoms. The van der Waals surface area contributed by atoms with Gasteiger partial charge >= 0.3 is 0 Å². The molecule has 2 aromatic rings. The zero-order chi connectivity index (χ0) is 15.4. The number of hydrogen-bond donors (Lipinski definition) is 2. The van der Waals surface area contributed by atoms with Crippen molar-refractivity contribution in [2.24, 2.45) is 10.7 Å². The zero-order valence-electron chi connectivity index (χ0n) is 12.3. The monoisotopic (exact) mass is 306 g/mol. The standard InChI is InChI=1S/C14H19ClN6/c1-9(2)19-14(16)17-6-11-5-4-10(3)20-13(11)21-8-12(15)7-18-21/h4-5,7-9H,6H2,1-3H3,(H3,16,17,19). The summed E-state index contributed by atoms with van der Waals surface area (Å²) in [5.74, 6) is 1.12. The Balaban J connectivity index is 2.28. The van der Waals surface area contributed by atoms with E-state index in [-0.39, 0.29) is 6.04 Å². The minimum atomic E-state index is 0.245. The predicted molar refractivity (Wildman–Crippen MR) is 84.7 cm³/mol. The van der Waals surface area contributed by atoms with Gasteiger partial charge in [-0.1, -0.05) is 17.7 Å². The second-order valence-electron chi connectivity index (χ2n) is 5.04. The van der Waals surface area contributed by atoms with Crippen molar-refractivity contribution in [1.29, 1.82) is 0 Å². The highest BCUT2D eigenvalue weighted by molar-refractivity contribution is 6.30. The number of halogens is 1. The van der Waals surface area contributed by atoms with E-state index in [1.54, 1.807) is 17.1 Å². The summed E-state index contributed by atoms with van der Waals surface area (Å²) in [6.07, 6.45) is 3.29. The molecule has 0 atom stereocenters. The fraction of sp³-hybridized carbons (Fsp3) is 0.357.